The molecule has 1 saturated heterocycles. The molecule has 3 amide bonds. The van der Waals surface area contributed by atoms with E-state index in [2.05, 4.69) is 15.6 Å². The normalized spacial score (nSPS) is 13.7. The van der Waals surface area contributed by atoms with Crippen molar-refractivity contribution < 1.29 is 14.4 Å². The SMILES string of the molecule is O=C(CN1C(=O)CCC1=O)NC(=S)Nc1cccc(-c2nc3ccccc3s2)c1. The highest BCUT2D eigenvalue weighted by Gasteiger charge is 2.30. The van der Waals surface area contributed by atoms with Crippen LogP contribution < -0.4 is 10.6 Å². The number of hydrogen-bond acceptors (Lipinski definition) is 6. The molecule has 4 rings (SSSR count). The summed E-state index contributed by atoms with van der Waals surface area (Å²) in [5.74, 6) is -1.20. The topological polar surface area (TPSA) is 91.4 Å². The van der Waals surface area contributed by atoms with Gasteiger partial charge in [-0.1, -0.05) is 24.3 Å². The molecule has 1 aliphatic rings. The third kappa shape index (κ3) is 4.30. The van der Waals surface area contributed by atoms with Gasteiger partial charge in [-0.15, -0.1) is 11.3 Å². The predicted octanol–water partition coefficient (Wildman–Crippen LogP) is 2.93. The molecule has 2 aromatic carbocycles. The van der Waals surface area contributed by atoms with Crippen molar-refractivity contribution in [1.29, 1.82) is 0 Å². The number of thiazole rings is 1. The van der Waals surface area contributed by atoms with E-state index in [-0.39, 0.29) is 36.3 Å². The average molecular weight is 425 g/mol. The first-order valence-corrected chi connectivity index (χ1v) is 10.1. The van der Waals surface area contributed by atoms with Crippen molar-refractivity contribution in [3.63, 3.8) is 0 Å². The molecule has 1 fully saturated rings. The maximum absolute atomic E-state index is 12.1. The van der Waals surface area contributed by atoms with Gasteiger partial charge in [0.15, 0.2) is 5.11 Å². The first-order chi connectivity index (χ1) is 14.0. The van der Waals surface area contributed by atoms with Crippen molar-refractivity contribution in [2.75, 3.05) is 11.9 Å². The standard InChI is InChI=1S/C20H16N4O3S2/c25-16(11-24-17(26)8-9-18(24)27)23-20(28)21-13-5-3-4-12(10-13)19-22-14-6-1-2-7-15(14)29-19/h1-7,10H,8-9,11H2,(H2,21,23,25,28). The van der Waals surface area contributed by atoms with Crippen LogP contribution in [0.5, 0.6) is 0 Å². The van der Waals surface area contributed by atoms with Gasteiger partial charge in [0.05, 0.1) is 10.2 Å². The number of fused-ring (bicyclic) bond motifs is 1. The van der Waals surface area contributed by atoms with Crippen molar-refractivity contribution in [2.45, 2.75) is 12.8 Å². The quantitative estimate of drug-likeness (QED) is 0.494. The number of likely N-dealkylation sites (tertiary alicyclic amines) is 1. The van der Waals surface area contributed by atoms with Gasteiger partial charge in [0.25, 0.3) is 0 Å². The van der Waals surface area contributed by atoms with Crippen molar-refractivity contribution in [2.24, 2.45) is 0 Å². The van der Waals surface area contributed by atoms with Crippen LogP contribution in [0.3, 0.4) is 0 Å². The fourth-order valence-electron chi connectivity index (χ4n) is 3.00. The van der Waals surface area contributed by atoms with Gasteiger partial charge in [0.1, 0.15) is 11.6 Å². The summed E-state index contributed by atoms with van der Waals surface area (Å²) >= 11 is 6.78. The molecule has 0 spiro atoms. The van der Waals surface area contributed by atoms with Gasteiger partial charge in [-0.2, -0.15) is 0 Å². The number of anilines is 1. The Morgan fingerprint density at radius 3 is 2.62 bits per heavy atom. The Kier molecular flexibility index (Phi) is 5.32. The molecule has 146 valence electrons. The predicted molar refractivity (Wildman–Crippen MR) is 115 cm³/mol. The molecule has 0 aliphatic carbocycles. The molecule has 29 heavy (non-hydrogen) atoms. The zero-order chi connectivity index (χ0) is 20.4. The highest BCUT2D eigenvalue weighted by Crippen LogP contribution is 2.31. The second-order valence-electron chi connectivity index (χ2n) is 6.44. The zero-order valence-electron chi connectivity index (χ0n) is 15.2. The lowest BCUT2D eigenvalue weighted by Gasteiger charge is -2.14. The molecule has 0 saturated carbocycles. The van der Waals surface area contributed by atoms with Gasteiger partial charge in [-0.3, -0.25) is 19.3 Å². The summed E-state index contributed by atoms with van der Waals surface area (Å²) in [6.45, 7) is -0.328. The minimum absolute atomic E-state index is 0.0931. The molecule has 9 heteroatoms. The first kappa shape index (κ1) is 19.2. The third-order valence-electron chi connectivity index (χ3n) is 4.37. The Bertz CT molecular complexity index is 1090. The van der Waals surface area contributed by atoms with Crippen LogP contribution in [0.4, 0.5) is 5.69 Å². The number of para-hydroxylation sites is 1. The molecule has 7 nitrogen and oxygen atoms in total. The van der Waals surface area contributed by atoms with Crippen LogP contribution in [0.15, 0.2) is 48.5 Å². The summed E-state index contributed by atoms with van der Waals surface area (Å²) in [4.78, 5) is 40.9. The molecule has 1 aliphatic heterocycles. The van der Waals surface area contributed by atoms with Gasteiger partial charge in [0.2, 0.25) is 17.7 Å². The van der Waals surface area contributed by atoms with E-state index in [1.54, 1.807) is 11.3 Å². The Hall–Kier alpha value is -3.17. The number of carbonyl (C=O) groups is 3. The molecule has 0 unspecified atom stereocenters. The lowest BCUT2D eigenvalue weighted by molar-refractivity contribution is -0.142. The third-order valence-corrected chi connectivity index (χ3v) is 5.66. The van der Waals surface area contributed by atoms with Crippen LogP contribution in [0.25, 0.3) is 20.8 Å². The molecule has 0 atom stereocenters. The Balaban J connectivity index is 1.41. The van der Waals surface area contributed by atoms with Gasteiger partial charge >= 0.3 is 0 Å². The summed E-state index contributed by atoms with van der Waals surface area (Å²) in [5, 5.41) is 6.43. The highest BCUT2D eigenvalue weighted by atomic mass is 32.1. The van der Waals surface area contributed by atoms with Crippen LogP contribution in [0.2, 0.25) is 0 Å². The van der Waals surface area contributed by atoms with Crippen LogP contribution in [0.1, 0.15) is 12.8 Å². The second kappa shape index (κ2) is 8.06. The van der Waals surface area contributed by atoms with E-state index < -0.39 is 5.91 Å². The summed E-state index contributed by atoms with van der Waals surface area (Å²) in [6.07, 6.45) is 0.292. The monoisotopic (exact) mass is 424 g/mol. The first-order valence-electron chi connectivity index (χ1n) is 8.89. The smallest absolute Gasteiger partial charge is 0.246 e. The molecular formula is C20H16N4O3S2. The Morgan fingerprint density at radius 1 is 1.10 bits per heavy atom. The number of rotatable bonds is 4. The van der Waals surface area contributed by atoms with Crippen LogP contribution >= 0.6 is 23.6 Å². The fourth-order valence-corrected chi connectivity index (χ4v) is 4.19. The van der Waals surface area contributed by atoms with Gasteiger partial charge in [0, 0.05) is 24.1 Å². The lowest BCUT2D eigenvalue weighted by atomic mass is 10.2. The van der Waals surface area contributed by atoms with E-state index in [9.17, 15) is 14.4 Å². The maximum Gasteiger partial charge on any atom is 0.246 e. The highest BCUT2D eigenvalue weighted by molar-refractivity contribution is 7.80. The minimum Gasteiger partial charge on any atom is -0.332 e. The molecular weight excluding hydrogens is 408 g/mol. The summed E-state index contributed by atoms with van der Waals surface area (Å²) in [7, 11) is 0. The molecule has 2 N–H and O–H groups in total. The van der Waals surface area contributed by atoms with Gasteiger partial charge < -0.3 is 10.6 Å². The number of amides is 3. The van der Waals surface area contributed by atoms with Crippen molar-refractivity contribution >= 4 is 62.3 Å². The number of thiocarbonyl (C=S) groups is 1. The molecule has 0 radical (unpaired) electrons. The number of benzene rings is 2. The number of imide groups is 1. The van der Waals surface area contributed by atoms with E-state index in [0.29, 0.717) is 5.69 Å². The Labute approximate surface area is 175 Å². The fraction of sp³-hybridized carbons (Fsp3) is 0.150. The zero-order valence-corrected chi connectivity index (χ0v) is 16.8. The van der Waals surface area contributed by atoms with Gasteiger partial charge in [-0.25, -0.2) is 4.98 Å². The lowest BCUT2D eigenvalue weighted by Crippen LogP contribution is -2.43. The van der Waals surface area contributed by atoms with E-state index in [4.69, 9.17) is 12.2 Å². The van der Waals surface area contributed by atoms with E-state index in [1.807, 2.05) is 48.5 Å². The molecule has 2 heterocycles. The second-order valence-corrected chi connectivity index (χ2v) is 7.88. The summed E-state index contributed by atoms with van der Waals surface area (Å²) < 4.78 is 1.11. The molecule has 1 aromatic heterocycles. The number of hydrogen-bond donors (Lipinski definition) is 2. The van der Waals surface area contributed by atoms with Crippen molar-refractivity contribution in [3.05, 3.63) is 48.5 Å². The van der Waals surface area contributed by atoms with E-state index >= 15 is 0 Å². The number of nitrogens with zero attached hydrogens (tertiary/aromatic N) is 2. The van der Waals surface area contributed by atoms with Gasteiger partial charge in [-0.05, 0) is 36.5 Å². The van der Waals surface area contributed by atoms with Crippen molar-refractivity contribution in [3.8, 4) is 10.6 Å². The van der Waals surface area contributed by atoms with Crippen LogP contribution in [-0.2, 0) is 14.4 Å². The number of carbonyl (C=O) groups excluding carboxylic acids is 3. The molecule has 3 aromatic rings. The van der Waals surface area contributed by atoms with Crippen LogP contribution in [0, 0.1) is 0 Å². The van der Waals surface area contributed by atoms with Crippen LogP contribution in [-0.4, -0.2) is 39.3 Å². The average Bonchev–Trinajstić information content (AvgIpc) is 3.26. The minimum atomic E-state index is -0.520. The number of aromatic nitrogens is 1. The van der Waals surface area contributed by atoms with Crippen molar-refractivity contribution in [1.82, 2.24) is 15.2 Å². The Morgan fingerprint density at radius 2 is 1.86 bits per heavy atom. The van der Waals surface area contributed by atoms with E-state index in [0.717, 1.165) is 25.7 Å². The number of nitrogens with one attached hydrogen (secondary N) is 2. The maximum atomic E-state index is 12.1. The largest absolute Gasteiger partial charge is 0.332 e. The summed E-state index contributed by atoms with van der Waals surface area (Å²) in [5.41, 5.74) is 2.57. The van der Waals surface area contributed by atoms with E-state index in [1.165, 1.54) is 0 Å². The summed E-state index contributed by atoms with van der Waals surface area (Å²) in [6, 6.07) is 15.5. The molecule has 0 bridgehead atoms.